The normalized spacial score (nSPS) is 12.1. The molecule has 3 rings (SSSR count). The molecule has 3 aromatic carbocycles. The van der Waals surface area contributed by atoms with E-state index < -0.39 is 47.8 Å². The van der Waals surface area contributed by atoms with E-state index in [2.05, 4.69) is 11.7 Å². The predicted octanol–water partition coefficient (Wildman–Crippen LogP) is 11.8. The lowest BCUT2D eigenvalue weighted by Crippen LogP contribution is -2.34. The molecule has 3 aromatic rings. The van der Waals surface area contributed by atoms with Gasteiger partial charge < -0.3 is 14.2 Å². The fourth-order valence-corrected chi connectivity index (χ4v) is 5.32. The first-order valence-corrected chi connectivity index (χ1v) is 17.4. The number of benzene rings is 3. The first-order chi connectivity index (χ1) is 23.5. The molecular weight excluding hydrogens is 643 g/mol. The van der Waals surface area contributed by atoms with Crippen molar-refractivity contribution in [1.82, 2.24) is 0 Å². The zero-order valence-electron chi connectivity index (χ0n) is 28.4. The maximum Gasteiger partial charge on any atom is 0.425 e. The molecule has 1 unspecified atom stereocenters. The van der Waals surface area contributed by atoms with Crippen molar-refractivity contribution in [3.05, 3.63) is 83.4 Å². The number of hydrogen-bond donors (Lipinski definition) is 0. The number of ether oxygens (including phenoxy) is 3. The van der Waals surface area contributed by atoms with Gasteiger partial charge in [0, 0.05) is 6.07 Å². The third-order valence-corrected chi connectivity index (χ3v) is 8.20. The van der Waals surface area contributed by atoms with Crippen molar-refractivity contribution in [1.29, 1.82) is 0 Å². The largest absolute Gasteiger partial charge is 0.491 e. The van der Waals surface area contributed by atoms with Gasteiger partial charge in [0.2, 0.25) is 0 Å². The van der Waals surface area contributed by atoms with Crippen molar-refractivity contribution in [3.8, 4) is 22.6 Å². The van der Waals surface area contributed by atoms with Gasteiger partial charge >= 0.3 is 18.1 Å². The Hall–Kier alpha value is -3.95. The van der Waals surface area contributed by atoms with E-state index >= 15 is 0 Å². The molecule has 0 aromatic heterocycles. The number of carbonyl (C=O) groups excluding carboxylic acids is 2. The summed E-state index contributed by atoms with van der Waals surface area (Å²) in [6.07, 6.45) is 4.88. The number of esters is 2. The van der Waals surface area contributed by atoms with Crippen LogP contribution >= 0.6 is 0 Å². The van der Waals surface area contributed by atoms with Gasteiger partial charge in [0.05, 0.1) is 17.7 Å². The minimum absolute atomic E-state index is 0.116. The summed E-state index contributed by atoms with van der Waals surface area (Å²) < 4.78 is 85.5. The number of unbranched alkanes of at least 4 members (excludes halogenated alkanes) is 11. The number of rotatable bonds is 21. The second kappa shape index (κ2) is 20.5. The Morgan fingerprint density at radius 3 is 1.84 bits per heavy atom. The molecule has 0 aliphatic carbocycles. The molecule has 268 valence electrons. The van der Waals surface area contributed by atoms with Crippen LogP contribution in [0.15, 0.2) is 60.7 Å². The van der Waals surface area contributed by atoms with Crippen molar-refractivity contribution in [2.45, 2.75) is 116 Å². The van der Waals surface area contributed by atoms with Gasteiger partial charge in [-0.15, -0.1) is 0 Å². The van der Waals surface area contributed by atoms with Crippen LogP contribution in [0.2, 0.25) is 0 Å². The Morgan fingerprint density at radius 2 is 1.24 bits per heavy atom. The molecule has 0 spiro atoms. The monoisotopic (exact) mass is 690 g/mol. The first-order valence-electron chi connectivity index (χ1n) is 17.4. The van der Waals surface area contributed by atoms with Crippen LogP contribution < -0.4 is 9.47 Å². The maximum absolute atomic E-state index is 14.8. The fourth-order valence-electron chi connectivity index (χ4n) is 5.32. The number of hydrogen-bond acceptors (Lipinski definition) is 5. The van der Waals surface area contributed by atoms with Crippen LogP contribution in [0.1, 0.15) is 124 Å². The SMILES string of the molecule is CCCCCCCCCOc1ccc(-c2ccc(C(=O)Oc3ccc(C(=O)OC(CCCCCCCC)C(F)(F)F)c(F)c3)cc2)cc1F. The molecule has 10 heteroatoms. The topological polar surface area (TPSA) is 61.8 Å². The summed E-state index contributed by atoms with van der Waals surface area (Å²) in [5.74, 6) is -4.05. The summed E-state index contributed by atoms with van der Waals surface area (Å²) in [5, 5.41) is 0. The quantitative estimate of drug-likeness (QED) is 0.0482. The summed E-state index contributed by atoms with van der Waals surface area (Å²) in [7, 11) is 0. The predicted molar refractivity (Wildman–Crippen MR) is 180 cm³/mol. The second-order valence-corrected chi connectivity index (χ2v) is 12.2. The molecule has 0 heterocycles. The van der Waals surface area contributed by atoms with E-state index in [0.717, 1.165) is 63.1 Å². The van der Waals surface area contributed by atoms with E-state index in [0.29, 0.717) is 24.2 Å². The summed E-state index contributed by atoms with van der Waals surface area (Å²) in [4.78, 5) is 25.2. The summed E-state index contributed by atoms with van der Waals surface area (Å²) in [6, 6.07) is 13.5. The fraction of sp³-hybridized carbons (Fsp3) is 0.487. The summed E-state index contributed by atoms with van der Waals surface area (Å²) >= 11 is 0. The Labute approximate surface area is 286 Å². The Bertz CT molecular complexity index is 1460. The van der Waals surface area contributed by atoms with Gasteiger partial charge in [0.1, 0.15) is 11.6 Å². The van der Waals surface area contributed by atoms with Crippen LogP contribution in [-0.2, 0) is 4.74 Å². The maximum atomic E-state index is 14.8. The molecule has 0 radical (unpaired) electrons. The highest BCUT2D eigenvalue weighted by Crippen LogP contribution is 2.30. The lowest BCUT2D eigenvalue weighted by molar-refractivity contribution is -0.206. The van der Waals surface area contributed by atoms with Crippen molar-refractivity contribution < 1.29 is 45.8 Å². The van der Waals surface area contributed by atoms with Gasteiger partial charge in [0.25, 0.3) is 0 Å². The molecule has 0 saturated heterocycles. The van der Waals surface area contributed by atoms with E-state index in [-0.39, 0.29) is 23.5 Å². The Balaban J connectivity index is 1.52. The molecule has 0 amide bonds. The highest BCUT2D eigenvalue weighted by molar-refractivity contribution is 5.92. The molecule has 0 N–H and O–H groups in total. The molecule has 49 heavy (non-hydrogen) atoms. The van der Waals surface area contributed by atoms with E-state index in [1.807, 2.05) is 6.92 Å². The zero-order chi connectivity index (χ0) is 35.6. The lowest BCUT2D eigenvalue weighted by Gasteiger charge is -2.21. The third kappa shape index (κ3) is 13.5. The van der Waals surface area contributed by atoms with Gasteiger partial charge in [-0.1, -0.05) is 103 Å². The van der Waals surface area contributed by atoms with Gasteiger partial charge in [-0.05, 0) is 66.8 Å². The molecule has 0 fully saturated rings. The van der Waals surface area contributed by atoms with E-state index in [1.54, 1.807) is 24.3 Å². The average molecular weight is 691 g/mol. The van der Waals surface area contributed by atoms with Crippen LogP contribution in [0.3, 0.4) is 0 Å². The number of halogens is 5. The van der Waals surface area contributed by atoms with E-state index in [1.165, 1.54) is 43.9 Å². The van der Waals surface area contributed by atoms with Crippen molar-refractivity contribution in [2.24, 2.45) is 0 Å². The van der Waals surface area contributed by atoms with E-state index in [9.17, 15) is 31.5 Å². The van der Waals surface area contributed by atoms with Gasteiger partial charge in [-0.2, -0.15) is 13.2 Å². The van der Waals surface area contributed by atoms with Crippen LogP contribution in [0.4, 0.5) is 22.0 Å². The molecule has 0 saturated carbocycles. The highest BCUT2D eigenvalue weighted by atomic mass is 19.4. The average Bonchev–Trinajstić information content (AvgIpc) is 3.07. The van der Waals surface area contributed by atoms with Crippen LogP contribution in [-0.4, -0.2) is 30.8 Å². The molecule has 1 atom stereocenters. The standard InChI is InChI=1S/C39H47F5O5/c1-3-5-7-9-11-13-15-25-47-35-24-21-30(26-34(35)41)28-17-19-29(20-18-28)37(45)48-31-22-23-32(33(40)27-31)38(46)49-36(39(42,43)44)16-14-12-10-8-6-4-2/h17-24,26-27,36H,3-16,25H2,1-2H3. The first kappa shape index (κ1) is 39.5. The van der Waals surface area contributed by atoms with Crippen molar-refractivity contribution in [2.75, 3.05) is 6.61 Å². The molecule has 5 nitrogen and oxygen atoms in total. The summed E-state index contributed by atoms with van der Waals surface area (Å²) in [5.41, 5.74) is 0.620. The lowest BCUT2D eigenvalue weighted by atomic mass is 10.0. The Morgan fingerprint density at radius 1 is 0.653 bits per heavy atom. The minimum atomic E-state index is -4.79. The van der Waals surface area contributed by atoms with Gasteiger partial charge in [-0.25, -0.2) is 18.4 Å². The van der Waals surface area contributed by atoms with Crippen molar-refractivity contribution >= 4 is 11.9 Å². The van der Waals surface area contributed by atoms with Gasteiger partial charge in [-0.3, -0.25) is 0 Å². The molecule has 0 aliphatic rings. The number of alkyl halides is 3. The third-order valence-electron chi connectivity index (χ3n) is 8.20. The van der Waals surface area contributed by atoms with Crippen LogP contribution in [0.5, 0.6) is 11.5 Å². The highest BCUT2D eigenvalue weighted by Gasteiger charge is 2.42. The Kier molecular flexibility index (Phi) is 16.5. The zero-order valence-corrected chi connectivity index (χ0v) is 28.4. The van der Waals surface area contributed by atoms with Gasteiger partial charge in [0.15, 0.2) is 17.7 Å². The van der Waals surface area contributed by atoms with Crippen molar-refractivity contribution in [3.63, 3.8) is 0 Å². The molecular formula is C39H47F5O5. The number of carbonyl (C=O) groups is 2. The smallest absolute Gasteiger partial charge is 0.425 e. The molecule has 0 aliphatic heterocycles. The summed E-state index contributed by atoms with van der Waals surface area (Å²) in [6.45, 7) is 4.65. The van der Waals surface area contributed by atoms with Crippen LogP contribution in [0.25, 0.3) is 11.1 Å². The molecule has 0 bridgehead atoms. The van der Waals surface area contributed by atoms with E-state index in [4.69, 9.17) is 9.47 Å². The minimum Gasteiger partial charge on any atom is -0.491 e. The second-order valence-electron chi connectivity index (χ2n) is 12.2. The van der Waals surface area contributed by atoms with Crippen LogP contribution in [0, 0.1) is 11.6 Å².